The number of carbonyl (C=O) groups is 1. The lowest BCUT2D eigenvalue weighted by Gasteiger charge is -2.22. The zero-order chi connectivity index (χ0) is 12.8. The van der Waals surface area contributed by atoms with Crippen LogP contribution in [0, 0.1) is 0 Å². The van der Waals surface area contributed by atoms with Crippen molar-refractivity contribution >= 4 is 11.5 Å². The molecule has 0 aromatic heterocycles. The van der Waals surface area contributed by atoms with Crippen LogP contribution in [0.25, 0.3) is 0 Å². The highest BCUT2D eigenvalue weighted by Gasteiger charge is 2.11. The van der Waals surface area contributed by atoms with Crippen LogP contribution in [0.4, 0.5) is 5.69 Å². The first kappa shape index (κ1) is 13.1. The van der Waals surface area contributed by atoms with Crippen molar-refractivity contribution in [2.75, 3.05) is 31.2 Å². The number of ether oxygens (including phenoxy) is 1. The van der Waals surface area contributed by atoms with E-state index in [4.69, 9.17) is 4.74 Å². The Balaban J connectivity index is 2.04. The predicted molar refractivity (Wildman–Crippen MR) is 73.3 cm³/mol. The molecule has 3 heteroatoms. The maximum absolute atomic E-state index is 11.8. The van der Waals surface area contributed by atoms with Gasteiger partial charge in [-0.05, 0) is 37.1 Å². The van der Waals surface area contributed by atoms with Gasteiger partial charge in [0.2, 0.25) is 0 Å². The van der Waals surface area contributed by atoms with Gasteiger partial charge in [-0.1, -0.05) is 6.92 Å². The minimum absolute atomic E-state index is 0.239. The van der Waals surface area contributed by atoms with Crippen molar-refractivity contribution in [2.24, 2.45) is 0 Å². The van der Waals surface area contributed by atoms with Crippen molar-refractivity contribution in [3.05, 3.63) is 29.8 Å². The Labute approximate surface area is 109 Å². The molecular formula is C15H21NO2. The molecule has 1 aromatic rings. The summed E-state index contributed by atoms with van der Waals surface area (Å²) in [6.45, 7) is 5.63. The number of ketones is 1. The molecular weight excluding hydrogens is 226 g/mol. The van der Waals surface area contributed by atoms with E-state index in [-0.39, 0.29) is 5.78 Å². The van der Waals surface area contributed by atoms with E-state index in [1.807, 2.05) is 31.2 Å². The van der Waals surface area contributed by atoms with Gasteiger partial charge in [-0.15, -0.1) is 0 Å². The second kappa shape index (κ2) is 6.55. The maximum Gasteiger partial charge on any atom is 0.162 e. The quantitative estimate of drug-likeness (QED) is 0.766. The van der Waals surface area contributed by atoms with Gasteiger partial charge in [0.25, 0.3) is 0 Å². The molecule has 1 fully saturated rings. The molecule has 1 heterocycles. The van der Waals surface area contributed by atoms with E-state index in [1.54, 1.807) is 0 Å². The van der Waals surface area contributed by atoms with Gasteiger partial charge < -0.3 is 9.64 Å². The Bertz CT molecular complexity index is 378. The second-order valence-corrected chi connectivity index (χ2v) is 4.67. The molecule has 0 unspecified atom stereocenters. The highest BCUT2D eigenvalue weighted by Crippen LogP contribution is 2.17. The first-order chi connectivity index (χ1) is 8.81. The molecule has 0 bridgehead atoms. The summed E-state index contributed by atoms with van der Waals surface area (Å²) in [5.74, 6) is 0.239. The molecule has 98 valence electrons. The Morgan fingerprint density at radius 3 is 2.72 bits per heavy atom. The lowest BCUT2D eigenvalue weighted by Crippen LogP contribution is -2.25. The standard InChI is InChI=1S/C15H21NO2/c1-2-4-15(17)13-5-7-14(8-6-13)16-9-3-11-18-12-10-16/h5-8H,2-4,9-12H2,1H3. The second-order valence-electron chi connectivity index (χ2n) is 4.67. The van der Waals surface area contributed by atoms with Crippen molar-refractivity contribution < 1.29 is 9.53 Å². The van der Waals surface area contributed by atoms with Crippen LogP contribution in [0.15, 0.2) is 24.3 Å². The molecule has 0 spiro atoms. The third-order valence-corrected chi connectivity index (χ3v) is 3.25. The Morgan fingerprint density at radius 2 is 2.00 bits per heavy atom. The van der Waals surface area contributed by atoms with Gasteiger partial charge in [-0.3, -0.25) is 4.79 Å². The van der Waals surface area contributed by atoms with Crippen molar-refractivity contribution in [1.29, 1.82) is 0 Å². The van der Waals surface area contributed by atoms with Crippen LogP contribution in [0.1, 0.15) is 36.5 Å². The van der Waals surface area contributed by atoms with Crippen molar-refractivity contribution in [3.63, 3.8) is 0 Å². The van der Waals surface area contributed by atoms with E-state index in [9.17, 15) is 4.79 Å². The van der Waals surface area contributed by atoms with E-state index >= 15 is 0 Å². The first-order valence-corrected chi connectivity index (χ1v) is 6.77. The summed E-state index contributed by atoms with van der Waals surface area (Å²) in [7, 11) is 0. The average Bonchev–Trinajstić information content (AvgIpc) is 2.68. The van der Waals surface area contributed by atoms with Gasteiger partial charge in [0, 0.05) is 37.4 Å². The summed E-state index contributed by atoms with van der Waals surface area (Å²) in [4.78, 5) is 14.1. The fourth-order valence-electron chi connectivity index (χ4n) is 2.23. The number of hydrogen-bond acceptors (Lipinski definition) is 3. The fourth-order valence-corrected chi connectivity index (χ4v) is 2.23. The summed E-state index contributed by atoms with van der Waals surface area (Å²) < 4.78 is 5.44. The molecule has 1 saturated heterocycles. The maximum atomic E-state index is 11.8. The van der Waals surface area contributed by atoms with Crippen LogP contribution in [0.2, 0.25) is 0 Å². The number of hydrogen-bond donors (Lipinski definition) is 0. The molecule has 1 aromatic carbocycles. The summed E-state index contributed by atoms with van der Waals surface area (Å²) >= 11 is 0. The minimum atomic E-state index is 0.239. The Hall–Kier alpha value is -1.35. The average molecular weight is 247 g/mol. The van der Waals surface area contributed by atoms with E-state index in [0.29, 0.717) is 6.42 Å². The monoisotopic (exact) mass is 247 g/mol. The van der Waals surface area contributed by atoms with Crippen molar-refractivity contribution in [1.82, 2.24) is 0 Å². The van der Waals surface area contributed by atoms with Crippen LogP contribution in [0.3, 0.4) is 0 Å². The molecule has 1 aliphatic rings. The van der Waals surface area contributed by atoms with Gasteiger partial charge in [-0.25, -0.2) is 0 Å². The summed E-state index contributed by atoms with van der Waals surface area (Å²) in [5, 5.41) is 0. The normalized spacial score (nSPS) is 16.4. The number of benzene rings is 1. The Kier molecular flexibility index (Phi) is 4.76. The van der Waals surface area contributed by atoms with Gasteiger partial charge >= 0.3 is 0 Å². The lowest BCUT2D eigenvalue weighted by molar-refractivity contribution is 0.0982. The predicted octanol–water partition coefficient (Wildman–Crippen LogP) is 2.90. The lowest BCUT2D eigenvalue weighted by atomic mass is 10.1. The van der Waals surface area contributed by atoms with E-state index in [2.05, 4.69) is 4.90 Å². The zero-order valence-corrected chi connectivity index (χ0v) is 11.0. The van der Waals surface area contributed by atoms with Crippen LogP contribution in [-0.4, -0.2) is 32.1 Å². The van der Waals surface area contributed by atoms with Crippen LogP contribution >= 0.6 is 0 Å². The molecule has 0 saturated carbocycles. The topological polar surface area (TPSA) is 29.5 Å². The van der Waals surface area contributed by atoms with Crippen LogP contribution in [0.5, 0.6) is 0 Å². The summed E-state index contributed by atoms with van der Waals surface area (Å²) in [6.07, 6.45) is 2.61. The largest absolute Gasteiger partial charge is 0.380 e. The molecule has 3 nitrogen and oxygen atoms in total. The SMILES string of the molecule is CCCC(=O)c1ccc(N2CCCOCC2)cc1. The highest BCUT2D eigenvalue weighted by molar-refractivity contribution is 5.96. The molecule has 2 rings (SSSR count). The number of Topliss-reactive ketones (excluding diaryl/α,β-unsaturated/α-hetero) is 1. The van der Waals surface area contributed by atoms with E-state index in [0.717, 1.165) is 44.7 Å². The first-order valence-electron chi connectivity index (χ1n) is 6.77. The highest BCUT2D eigenvalue weighted by atomic mass is 16.5. The van der Waals surface area contributed by atoms with E-state index in [1.165, 1.54) is 5.69 Å². The van der Waals surface area contributed by atoms with Gasteiger partial charge in [0.1, 0.15) is 0 Å². The fraction of sp³-hybridized carbons (Fsp3) is 0.533. The summed E-state index contributed by atoms with van der Waals surface area (Å²) in [5.41, 5.74) is 2.01. The Morgan fingerprint density at radius 1 is 1.22 bits per heavy atom. The molecule has 0 aliphatic carbocycles. The number of rotatable bonds is 4. The number of nitrogens with zero attached hydrogens (tertiary/aromatic N) is 1. The van der Waals surface area contributed by atoms with Gasteiger partial charge in [0.05, 0.1) is 6.61 Å². The molecule has 0 amide bonds. The smallest absolute Gasteiger partial charge is 0.162 e. The van der Waals surface area contributed by atoms with Crippen LogP contribution in [-0.2, 0) is 4.74 Å². The van der Waals surface area contributed by atoms with Crippen LogP contribution < -0.4 is 4.90 Å². The zero-order valence-electron chi connectivity index (χ0n) is 11.0. The number of carbonyl (C=O) groups excluding carboxylic acids is 1. The summed E-state index contributed by atoms with van der Waals surface area (Å²) in [6, 6.07) is 7.99. The third kappa shape index (κ3) is 3.33. The van der Waals surface area contributed by atoms with E-state index < -0.39 is 0 Å². The molecule has 18 heavy (non-hydrogen) atoms. The number of anilines is 1. The van der Waals surface area contributed by atoms with Crippen molar-refractivity contribution in [2.45, 2.75) is 26.2 Å². The molecule has 0 atom stereocenters. The minimum Gasteiger partial charge on any atom is -0.380 e. The molecule has 0 radical (unpaired) electrons. The van der Waals surface area contributed by atoms with Crippen molar-refractivity contribution in [3.8, 4) is 0 Å². The van der Waals surface area contributed by atoms with Gasteiger partial charge in [0.15, 0.2) is 5.78 Å². The molecule has 1 aliphatic heterocycles. The molecule has 0 N–H and O–H groups in total. The van der Waals surface area contributed by atoms with Gasteiger partial charge in [-0.2, -0.15) is 0 Å². The third-order valence-electron chi connectivity index (χ3n) is 3.25.